The first-order valence-electron chi connectivity index (χ1n) is 12.2. The molecule has 3 aromatic carbocycles. The Morgan fingerprint density at radius 2 is 1.80 bits per heavy atom. The van der Waals surface area contributed by atoms with E-state index in [4.69, 9.17) is 14.2 Å². The van der Waals surface area contributed by atoms with Crippen LogP contribution in [0.1, 0.15) is 33.2 Å². The van der Waals surface area contributed by atoms with Crippen LogP contribution in [0.15, 0.2) is 60.9 Å². The molecule has 4 rings (SSSR count). The van der Waals surface area contributed by atoms with Crippen molar-refractivity contribution in [1.82, 2.24) is 25.5 Å². The van der Waals surface area contributed by atoms with Crippen LogP contribution in [0.25, 0.3) is 16.8 Å². The molecule has 4 aromatic rings. The second kappa shape index (κ2) is 12.5. The Kier molecular flexibility index (Phi) is 8.64. The minimum Gasteiger partial charge on any atom is -0.493 e. The zero-order chi connectivity index (χ0) is 28.6. The third-order valence-corrected chi connectivity index (χ3v) is 5.96. The molecular formula is C27H26N6O7. The second-order valence-electron chi connectivity index (χ2n) is 8.43. The summed E-state index contributed by atoms with van der Waals surface area (Å²) in [6.45, 7) is 2.09. The lowest BCUT2D eigenvalue weighted by Gasteiger charge is -2.12. The van der Waals surface area contributed by atoms with Gasteiger partial charge >= 0.3 is 5.97 Å². The van der Waals surface area contributed by atoms with Gasteiger partial charge in [0.05, 0.1) is 42.6 Å². The minimum absolute atomic E-state index is 0.0436. The third-order valence-electron chi connectivity index (χ3n) is 5.96. The van der Waals surface area contributed by atoms with Gasteiger partial charge in [-0.15, -0.1) is 5.10 Å². The quantitative estimate of drug-likeness (QED) is 0.168. The molecule has 0 fully saturated rings. The highest BCUT2D eigenvalue weighted by Gasteiger charge is 2.21. The third kappa shape index (κ3) is 6.20. The molecule has 0 aliphatic rings. The van der Waals surface area contributed by atoms with Gasteiger partial charge in [0.2, 0.25) is 0 Å². The Labute approximate surface area is 228 Å². The molecule has 0 spiro atoms. The van der Waals surface area contributed by atoms with Crippen LogP contribution in [0.3, 0.4) is 0 Å². The van der Waals surface area contributed by atoms with Gasteiger partial charge in [-0.3, -0.25) is 14.9 Å². The van der Waals surface area contributed by atoms with Crippen LogP contribution in [0.5, 0.6) is 11.5 Å². The molecule has 13 heteroatoms. The van der Waals surface area contributed by atoms with Gasteiger partial charge in [-0.2, -0.15) is 0 Å². The number of carbonyl (C=O) groups is 2. The molecule has 1 N–H and O–H groups in total. The van der Waals surface area contributed by atoms with E-state index in [0.717, 1.165) is 11.6 Å². The molecule has 0 aliphatic heterocycles. The number of hydrogen-bond donors (Lipinski definition) is 1. The van der Waals surface area contributed by atoms with Gasteiger partial charge in [0.15, 0.2) is 11.5 Å². The van der Waals surface area contributed by atoms with Crippen molar-refractivity contribution in [3.8, 4) is 28.3 Å². The fourth-order valence-electron chi connectivity index (χ4n) is 4.04. The van der Waals surface area contributed by atoms with E-state index < -0.39 is 16.8 Å². The maximum atomic E-state index is 13.2. The van der Waals surface area contributed by atoms with Crippen molar-refractivity contribution >= 4 is 17.6 Å². The normalized spacial score (nSPS) is 10.6. The van der Waals surface area contributed by atoms with Crippen LogP contribution >= 0.6 is 0 Å². The summed E-state index contributed by atoms with van der Waals surface area (Å²) in [6, 6.07) is 14.3. The predicted molar refractivity (Wildman–Crippen MR) is 143 cm³/mol. The van der Waals surface area contributed by atoms with Crippen LogP contribution in [-0.4, -0.2) is 64.4 Å². The van der Waals surface area contributed by atoms with E-state index in [-0.39, 0.29) is 29.0 Å². The van der Waals surface area contributed by atoms with E-state index >= 15 is 0 Å². The summed E-state index contributed by atoms with van der Waals surface area (Å²) in [7, 11) is 3.10. The molecular weight excluding hydrogens is 520 g/mol. The maximum Gasteiger partial charge on any atom is 0.338 e. The summed E-state index contributed by atoms with van der Waals surface area (Å²) < 4.78 is 16.9. The molecule has 0 radical (unpaired) electrons. The summed E-state index contributed by atoms with van der Waals surface area (Å²) in [5.74, 6) is 0.115. The van der Waals surface area contributed by atoms with Crippen LogP contribution in [0.4, 0.5) is 5.69 Å². The van der Waals surface area contributed by atoms with Gasteiger partial charge in [0, 0.05) is 18.2 Å². The van der Waals surface area contributed by atoms with E-state index in [2.05, 4.69) is 20.8 Å². The first-order valence-corrected chi connectivity index (χ1v) is 12.2. The summed E-state index contributed by atoms with van der Waals surface area (Å²) >= 11 is 0. The number of ether oxygens (including phenoxy) is 3. The number of nitrogens with zero attached hydrogens (tertiary/aromatic N) is 5. The first-order chi connectivity index (χ1) is 19.3. The number of hydrogen-bond acceptors (Lipinski definition) is 10. The number of esters is 1. The Morgan fingerprint density at radius 3 is 2.48 bits per heavy atom. The van der Waals surface area contributed by atoms with Crippen molar-refractivity contribution in [3.05, 3.63) is 87.7 Å². The van der Waals surface area contributed by atoms with Gasteiger partial charge in [-0.25, -0.2) is 9.48 Å². The zero-order valence-corrected chi connectivity index (χ0v) is 22.0. The summed E-state index contributed by atoms with van der Waals surface area (Å²) in [6.07, 6.45) is 1.86. The predicted octanol–water partition coefficient (Wildman–Crippen LogP) is 3.40. The number of aromatic nitrogens is 4. The standard InChI is InChI=1S/C27H26N6O7/c1-4-40-27(35)18-6-7-22(23(15-18)33(36)37)19-12-20(14-21(13-19)32-16-29-30-31-32)26(34)28-10-9-17-5-8-24(38-2)25(11-17)39-3/h5-8,11-16H,4,9-10H2,1-3H3,(H,28,34). The number of methoxy groups -OCH3 is 2. The highest BCUT2D eigenvalue weighted by molar-refractivity contribution is 5.97. The van der Waals surface area contributed by atoms with E-state index in [1.807, 2.05) is 12.1 Å². The summed E-state index contributed by atoms with van der Waals surface area (Å²) in [4.78, 5) is 36.7. The Morgan fingerprint density at radius 1 is 1.00 bits per heavy atom. The molecule has 13 nitrogen and oxygen atoms in total. The first kappa shape index (κ1) is 27.7. The van der Waals surface area contributed by atoms with Crippen molar-refractivity contribution in [3.63, 3.8) is 0 Å². The molecule has 0 aliphatic carbocycles. The highest BCUT2D eigenvalue weighted by Crippen LogP contribution is 2.33. The van der Waals surface area contributed by atoms with Gasteiger partial charge in [-0.1, -0.05) is 6.07 Å². The lowest BCUT2D eigenvalue weighted by atomic mass is 9.98. The van der Waals surface area contributed by atoms with E-state index in [9.17, 15) is 19.7 Å². The number of nitrogens with one attached hydrogen (secondary N) is 1. The Hall–Kier alpha value is -5.33. The van der Waals surface area contributed by atoms with Crippen molar-refractivity contribution in [2.45, 2.75) is 13.3 Å². The highest BCUT2D eigenvalue weighted by atomic mass is 16.6. The number of nitro benzene ring substituents is 1. The number of rotatable bonds is 11. The lowest BCUT2D eigenvalue weighted by Crippen LogP contribution is -2.26. The van der Waals surface area contributed by atoms with Crippen molar-refractivity contribution in [1.29, 1.82) is 0 Å². The fourth-order valence-corrected chi connectivity index (χ4v) is 4.04. The Bertz CT molecular complexity index is 1540. The van der Waals surface area contributed by atoms with Crippen molar-refractivity contribution in [2.24, 2.45) is 0 Å². The number of tetrazole rings is 1. The molecule has 1 amide bonds. The number of carbonyl (C=O) groups excluding carboxylic acids is 2. The lowest BCUT2D eigenvalue weighted by molar-refractivity contribution is -0.384. The van der Waals surface area contributed by atoms with Crippen LogP contribution < -0.4 is 14.8 Å². The van der Waals surface area contributed by atoms with Crippen molar-refractivity contribution in [2.75, 3.05) is 27.4 Å². The maximum absolute atomic E-state index is 13.2. The van der Waals surface area contributed by atoms with Crippen LogP contribution in [-0.2, 0) is 11.2 Å². The van der Waals surface area contributed by atoms with Gasteiger partial charge in [0.25, 0.3) is 11.6 Å². The molecule has 0 atom stereocenters. The monoisotopic (exact) mass is 546 g/mol. The second-order valence-corrected chi connectivity index (χ2v) is 8.43. The zero-order valence-electron chi connectivity index (χ0n) is 22.0. The van der Waals surface area contributed by atoms with E-state index in [0.29, 0.717) is 35.7 Å². The number of nitro groups is 1. The molecule has 0 saturated carbocycles. The number of amides is 1. The topological polar surface area (TPSA) is 161 Å². The minimum atomic E-state index is -0.672. The molecule has 1 aromatic heterocycles. The number of benzene rings is 3. The summed E-state index contributed by atoms with van der Waals surface area (Å²) in [5, 5.41) is 26.0. The molecule has 0 saturated heterocycles. The van der Waals surface area contributed by atoms with Gasteiger partial charge in [-0.05, 0) is 77.4 Å². The summed E-state index contributed by atoms with van der Waals surface area (Å²) in [5.41, 5.74) is 1.86. The SMILES string of the molecule is CCOC(=O)c1ccc(-c2cc(C(=O)NCCc3ccc(OC)c(OC)c3)cc(-n3cnnn3)c2)c([N+](=O)[O-])c1. The van der Waals surface area contributed by atoms with Gasteiger partial charge in [0.1, 0.15) is 6.33 Å². The molecule has 0 bridgehead atoms. The molecule has 206 valence electrons. The molecule has 1 heterocycles. The van der Waals surface area contributed by atoms with Crippen LogP contribution in [0.2, 0.25) is 0 Å². The fraction of sp³-hybridized carbons (Fsp3) is 0.222. The van der Waals surface area contributed by atoms with E-state index in [1.54, 1.807) is 39.3 Å². The average molecular weight is 547 g/mol. The molecule has 40 heavy (non-hydrogen) atoms. The largest absolute Gasteiger partial charge is 0.493 e. The van der Waals surface area contributed by atoms with Gasteiger partial charge < -0.3 is 19.5 Å². The van der Waals surface area contributed by atoms with Crippen LogP contribution in [0, 0.1) is 10.1 Å². The Balaban J connectivity index is 1.64. The smallest absolute Gasteiger partial charge is 0.338 e. The average Bonchev–Trinajstić information content (AvgIpc) is 3.52. The van der Waals surface area contributed by atoms with Crippen molar-refractivity contribution < 1.29 is 28.7 Å². The van der Waals surface area contributed by atoms with E-state index in [1.165, 1.54) is 29.2 Å². The molecule has 0 unspecified atom stereocenters.